The Morgan fingerprint density at radius 1 is 1.22 bits per heavy atom. The molecule has 5 heteroatoms. The first-order valence-corrected chi connectivity index (χ1v) is 8.58. The molecule has 2 aliphatic rings. The maximum Gasteiger partial charge on any atom is 0.317 e. The van der Waals surface area contributed by atoms with Crippen molar-refractivity contribution in [3.05, 3.63) is 35.9 Å². The zero-order valence-electron chi connectivity index (χ0n) is 13.9. The Labute approximate surface area is 138 Å². The van der Waals surface area contributed by atoms with E-state index in [-0.39, 0.29) is 12.1 Å². The lowest BCUT2D eigenvalue weighted by Crippen LogP contribution is -2.55. The van der Waals surface area contributed by atoms with E-state index in [1.807, 2.05) is 11.0 Å². The van der Waals surface area contributed by atoms with Crippen LogP contribution in [0.2, 0.25) is 0 Å². The number of rotatable bonds is 3. The van der Waals surface area contributed by atoms with E-state index in [9.17, 15) is 4.79 Å². The topological polar surface area (TPSA) is 44.8 Å². The fourth-order valence-electron chi connectivity index (χ4n) is 3.54. The first-order valence-electron chi connectivity index (χ1n) is 8.58. The second-order valence-electron chi connectivity index (χ2n) is 6.66. The Hall–Kier alpha value is -1.59. The molecule has 3 rings (SSSR count). The van der Waals surface area contributed by atoms with Crippen LogP contribution in [0.5, 0.6) is 0 Å². The second kappa shape index (κ2) is 7.79. The number of urea groups is 1. The molecule has 1 aromatic carbocycles. The number of amides is 2. The SMILES string of the molecule is CN1CCC(NC(=O)N2CCOCC2)C(Cc2ccccc2)C1. The molecule has 1 aromatic rings. The van der Waals surface area contributed by atoms with Gasteiger partial charge in [0.2, 0.25) is 0 Å². The molecule has 2 unspecified atom stereocenters. The summed E-state index contributed by atoms with van der Waals surface area (Å²) in [5.74, 6) is 0.459. The summed E-state index contributed by atoms with van der Waals surface area (Å²) in [6.45, 7) is 4.76. The van der Waals surface area contributed by atoms with Crippen LogP contribution >= 0.6 is 0 Å². The van der Waals surface area contributed by atoms with Crippen molar-refractivity contribution in [2.75, 3.05) is 46.4 Å². The molecule has 2 atom stereocenters. The molecule has 0 radical (unpaired) electrons. The highest BCUT2D eigenvalue weighted by Crippen LogP contribution is 2.21. The third-order valence-electron chi connectivity index (χ3n) is 4.88. The summed E-state index contributed by atoms with van der Waals surface area (Å²) in [7, 11) is 2.16. The molecule has 2 heterocycles. The maximum absolute atomic E-state index is 12.5. The maximum atomic E-state index is 12.5. The quantitative estimate of drug-likeness (QED) is 0.921. The fraction of sp³-hybridized carbons (Fsp3) is 0.611. The van der Waals surface area contributed by atoms with Gasteiger partial charge < -0.3 is 19.9 Å². The van der Waals surface area contributed by atoms with Gasteiger partial charge in [-0.3, -0.25) is 0 Å². The summed E-state index contributed by atoms with van der Waals surface area (Å²) >= 11 is 0. The average molecular weight is 317 g/mol. The van der Waals surface area contributed by atoms with Crippen molar-refractivity contribution < 1.29 is 9.53 Å². The lowest BCUT2D eigenvalue weighted by Gasteiger charge is -2.38. The molecule has 23 heavy (non-hydrogen) atoms. The molecule has 0 aromatic heterocycles. The first-order chi connectivity index (χ1) is 11.2. The van der Waals surface area contributed by atoms with Gasteiger partial charge in [0.05, 0.1) is 13.2 Å². The number of ether oxygens (including phenoxy) is 1. The third-order valence-corrected chi connectivity index (χ3v) is 4.88. The predicted molar refractivity (Wildman–Crippen MR) is 90.5 cm³/mol. The molecule has 2 amide bonds. The molecule has 0 saturated carbocycles. The number of nitrogens with one attached hydrogen (secondary N) is 1. The number of morpholine rings is 1. The Kier molecular flexibility index (Phi) is 5.51. The lowest BCUT2D eigenvalue weighted by molar-refractivity contribution is 0.0505. The van der Waals surface area contributed by atoms with Gasteiger partial charge in [-0.05, 0) is 37.9 Å². The fourth-order valence-corrected chi connectivity index (χ4v) is 3.54. The molecule has 5 nitrogen and oxygen atoms in total. The van der Waals surface area contributed by atoms with E-state index in [0.717, 1.165) is 25.9 Å². The Morgan fingerprint density at radius 3 is 2.70 bits per heavy atom. The van der Waals surface area contributed by atoms with Crippen LogP contribution in [0, 0.1) is 5.92 Å². The zero-order chi connectivity index (χ0) is 16.1. The normalized spacial score (nSPS) is 26.0. The van der Waals surface area contributed by atoms with Crippen molar-refractivity contribution in [3.63, 3.8) is 0 Å². The minimum Gasteiger partial charge on any atom is -0.378 e. The van der Waals surface area contributed by atoms with Gasteiger partial charge in [0, 0.05) is 25.7 Å². The van der Waals surface area contributed by atoms with Crippen molar-refractivity contribution in [2.24, 2.45) is 5.92 Å². The molecule has 1 N–H and O–H groups in total. The van der Waals surface area contributed by atoms with E-state index in [1.54, 1.807) is 0 Å². The summed E-state index contributed by atoms with van der Waals surface area (Å²) in [4.78, 5) is 16.7. The van der Waals surface area contributed by atoms with Gasteiger partial charge in [-0.15, -0.1) is 0 Å². The van der Waals surface area contributed by atoms with Crippen LogP contribution in [0.4, 0.5) is 4.79 Å². The van der Waals surface area contributed by atoms with Crippen LogP contribution in [0.1, 0.15) is 12.0 Å². The number of carbonyl (C=O) groups excluding carboxylic acids is 1. The number of piperidine rings is 1. The van der Waals surface area contributed by atoms with Gasteiger partial charge in [-0.25, -0.2) is 4.79 Å². The molecule has 0 bridgehead atoms. The van der Waals surface area contributed by atoms with Gasteiger partial charge >= 0.3 is 6.03 Å². The molecular formula is C18H27N3O2. The minimum absolute atomic E-state index is 0.0703. The van der Waals surface area contributed by atoms with Crippen LogP contribution in [0.15, 0.2) is 30.3 Å². The van der Waals surface area contributed by atoms with Gasteiger partial charge in [-0.2, -0.15) is 0 Å². The Balaban J connectivity index is 1.61. The van der Waals surface area contributed by atoms with Crippen LogP contribution in [0.3, 0.4) is 0 Å². The zero-order valence-corrected chi connectivity index (χ0v) is 13.9. The number of nitrogens with zero attached hydrogens (tertiary/aromatic N) is 2. The smallest absolute Gasteiger partial charge is 0.317 e. The number of hydrogen-bond acceptors (Lipinski definition) is 3. The van der Waals surface area contributed by atoms with Crippen molar-refractivity contribution in [1.29, 1.82) is 0 Å². The highest BCUT2D eigenvalue weighted by molar-refractivity contribution is 5.74. The van der Waals surface area contributed by atoms with Gasteiger partial charge in [-0.1, -0.05) is 30.3 Å². The highest BCUT2D eigenvalue weighted by Gasteiger charge is 2.30. The van der Waals surface area contributed by atoms with Crippen molar-refractivity contribution in [1.82, 2.24) is 15.1 Å². The van der Waals surface area contributed by atoms with Crippen LogP contribution in [-0.4, -0.2) is 68.3 Å². The molecule has 2 saturated heterocycles. The van der Waals surface area contributed by atoms with Crippen LogP contribution in [-0.2, 0) is 11.2 Å². The average Bonchev–Trinajstić information content (AvgIpc) is 2.59. The van der Waals surface area contributed by atoms with Crippen molar-refractivity contribution in [3.8, 4) is 0 Å². The molecule has 2 aliphatic heterocycles. The molecular weight excluding hydrogens is 290 g/mol. The van der Waals surface area contributed by atoms with Gasteiger partial charge in [0.15, 0.2) is 0 Å². The molecule has 0 aliphatic carbocycles. The lowest BCUT2D eigenvalue weighted by atomic mass is 9.87. The predicted octanol–water partition coefficient (Wildman–Crippen LogP) is 1.59. The number of likely N-dealkylation sites (tertiary alicyclic amines) is 1. The van der Waals surface area contributed by atoms with Crippen LogP contribution < -0.4 is 5.32 Å². The Morgan fingerprint density at radius 2 is 1.96 bits per heavy atom. The van der Waals surface area contributed by atoms with E-state index < -0.39 is 0 Å². The number of benzene rings is 1. The summed E-state index contributed by atoms with van der Waals surface area (Å²) in [5.41, 5.74) is 1.35. The van der Waals surface area contributed by atoms with Crippen molar-refractivity contribution in [2.45, 2.75) is 18.9 Å². The van der Waals surface area contributed by atoms with E-state index in [4.69, 9.17) is 4.74 Å². The summed E-state index contributed by atoms with van der Waals surface area (Å²) in [6.07, 6.45) is 2.03. The third kappa shape index (κ3) is 4.45. The van der Waals surface area contributed by atoms with E-state index in [1.165, 1.54) is 5.56 Å². The highest BCUT2D eigenvalue weighted by atomic mass is 16.5. The largest absolute Gasteiger partial charge is 0.378 e. The summed E-state index contributed by atoms with van der Waals surface area (Å²) in [5, 5.41) is 3.28. The number of carbonyl (C=O) groups is 1. The second-order valence-corrected chi connectivity index (χ2v) is 6.66. The number of hydrogen-bond donors (Lipinski definition) is 1. The summed E-state index contributed by atoms with van der Waals surface area (Å²) < 4.78 is 5.33. The van der Waals surface area contributed by atoms with Gasteiger partial charge in [0.25, 0.3) is 0 Å². The molecule has 126 valence electrons. The first kappa shape index (κ1) is 16.3. The standard InChI is InChI=1S/C18H27N3O2/c1-20-8-7-17(19-18(22)21-9-11-23-12-10-21)16(14-20)13-15-5-3-2-4-6-15/h2-6,16-17H,7-14H2,1H3,(H,19,22). The molecule has 2 fully saturated rings. The van der Waals surface area contributed by atoms with Crippen molar-refractivity contribution >= 4 is 6.03 Å². The van der Waals surface area contributed by atoms with E-state index >= 15 is 0 Å². The van der Waals surface area contributed by atoms with E-state index in [2.05, 4.69) is 41.5 Å². The van der Waals surface area contributed by atoms with Crippen LogP contribution in [0.25, 0.3) is 0 Å². The van der Waals surface area contributed by atoms with E-state index in [0.29, 0.717) is 32.2 Å². The molecule has 0 spiro atoms. The Bertz CT molecular complexity index is 502. The summed E-state index contributed by atoms with van der Waals surface area (Å²) in [6, 6.07) is 10.9. The monoisotopic (exact) mass is 317 g/mol. The minimum atomic E-state index is 0.0703. The van der Waals surface area contributed by atoms with Gasteiger partial charge in [0.1, 0.15) is 0 Å².